The number of phenols is 2. The highest BCUT2D eigenvalue weighted by atomic mass is 16.5. The Kier molecular flexibility index (Phi) is 5.40. The molecule has 0 aliphatic carbocycles. The summed E-state index contributed by atoms with van der Waals surface area (Å²) >= 11 is 0. The predicted molar refractivity (Wildman–Crippen MR) is 87.4 cm³/mol. The van der Waals surface area contributed by atoms with Crippen molar-refractivity contribution in [3.8, 4) is 17.2 Å². The van der Waals surface area contributed by atoms with Gasteiger partial charge in [0.05, 0.1) is 7.11 Å². The quantitative estimate of drug-likeness (QED) is 0.387. The lowest BCUT2D eigenvalue weighted by molar-refractivity contribution is -0.117. The molecule has 7 heteroatoms. The molecule has 0 aliphatic heterocycles. The number of amides is 2. The number of hydrogen-bond acceptors (Lipinski definition) is 5. The van der Waals surface area contributed by atoms with Crippen molar-refractivity contribution in [1.82, 2.24) is 10.9 Å². The monoisotopic (exact) mass is 328 g/mol. The van der Waals surface area contributed by atoms with E-state index in [-0.39, 0.29) is 11.5 Å². The molecule has 0 aliphatic rings. The first-order valence-corrected chi connectivity index (χ1v) is 6.94. The average molecular weight is 328 g/mol. The molecule has 0 radical (unpaired) electrons. The summed E-state index contributed by atoms with van der Waals surface area (Å²) in [6, 6.07) is 10.5. The molecule has 124 valence electrons. The standard InChI is InChI=1S/C17H16N2O5/c1-24-13-6-4-12(5-7-13)17(23)19-18-16(22)9-3-11-2-8-14(20)15(21)10-11/h2-10,20-21H,1H3,(H,18,22)(H,19,23)/b9-3+. The molecule has 0 saturated carbocycles. The van der Waals surface area contributed by atoms with Crippen LogP contribution in [0.3, 0.4) is 0 Å². The van der Waals surface area contributed by atoms with Gasteiger partial charge in [0, 0.05) is 11.6 Å². The van der Waals surface area contributed by atoms with Gasteiger partial charge in [0.25, 0.3) is 11.8 Å². The molecule has 0 fully saturated rings. The summed E-state index contributed by atoms with van der Waals surface area (Å²) in [5.74, 6) is -0.935. The molecule has 0 unspecified atom stereocenters. The van der Waals surface area contributed by atoms with Gasteiger partial charge in [0.2, 0.25) is 0 Å². The Morgan fingerprint density at radius 3 is 2.33 bits per heavy atom. The number of carbonyl (C=O) groups excluding carboxylic acids is 2. The van der Waals surface area contributed by atoms with Crippen LogP contribution in [0, 0.1) is 0 Å². The third kappa shape index (κ3) is 4.51. The van der Waals surface area contributed by atoms with E-state index in [0.717, 1.165) is 0 Å². The highest BCUT2D eigenvalue weighted by molar-refractivity contribution is 5.98. The smallest absolute Gasteiger partial charge is 0.269 e. The van der Waals surface area contributed by atoms with E-state index in [1.807, 2.05) is 0 Å². The summed E-state index contributed by atoms with van der Waals surface area (Å²) in [5, 5.41) is 18.6. The van der Waals surface area contributed by atoms with E-state index in [4.69, 9.17) is 4.74 Å². The number of nitrogens with one attached hydrogen (secondary N) is 2. The number of hydrogen-bond donors (Lipinski definition) is 4. The summed E-state index contributed by atoms with van der Waals surface area (Å²) in [7, 11) is 1.52. The van der Waals surface area contributed by atoms with Crippen LogP contribution in [0.2, 0.25) is 0 Å². The Labute approximate surface area is 138 Å². The first kappa shape index (κ1) is 16.9. The molecule has 2 rings (SSSR count). The molecule has 0 aromatic heterocycles. The van der Waals surface area contributed by atoms with Crippen LogP contribution in [0.25, 0.3) is 6.08 Å². The Balaban J connectivity index is 1.88. The first-order valence-electron chi connectivity index (χ1n) is 6.94. The molecular weight excluding hydrogens is 312 g/mol. The van der Waals surface area contributed by atoms with E-state index in [2.05, 4.69) is 10.9 Å². The lowest BCUT2D eigenvalue weighted by Crippen LogP contribution is -2.40. The fourth-order valence-electron chi connectivity index (χ4n) is 1.79. The third-order valence-corrected chi connectivity index (χ3v) is 3.08. The molecule has 2 amide bonds. The largest absolute Gasteiger partial charge is 0.504 e. The zero-order chi connectivity index (χ0) is 17.5. The van der Waals surface area contributed by atoms with Crippen LogP contribution in [-0.4, -0.2) is 29.1 Å². The summed E-state index contributed by atoms with van der Waals surface area (Å²) in [6.07, 6.45) is 2.61. The van der Waals surface area contributed by atoms with E-state index in [9.17, 15) is 19.8 Å². The zero-order valence-corrected chi connectivity index (χ0v) is 12.8. The fraction of sp³-hybridized carbons (Fsp3) is 0.0588. The molecule has 2 aromatic rings. The van der Waals surface area contributed by atoms with E-state index in [1.54, 1.807) is 24.3 Å². The molecule has 7 nitrogen and oxygen atoms in total. The van der Waals surface area contributed by atoms with Crippen molar-refractivity contribution >= 4 is 17.9 Å². The molecule has 0 saturated heterocycles. The van der Waals surface area contributed by atoms with Crippen molar-refractivity contribution in [3.63, 3.8) is 0 Å². The number of ether oxygens (including phenoxy) is 1. The maximum Gasteiger partial charge on any atom is 0.269 e. The molecule has 4 N–H and O–H groups in total. The molecule has 0 heterocycles. The van der Waals surface area contributed by atoms with Crippen LogP contribution in [0.5, 0.6) is 17.2 Å². The summed E-state index contributed by atoms with van der Waals surface area (Å²) in [4.78, 5) is 23.5. The highest BCUT2D eigenvalue weighted by Gasteiger charge is 2.06. The van der Waals surface area contributed by atoms with Gasteiger partial charge in [-0.1, -0.05) is 6.07 Å². The molecular formula is C17H16N2O5. The van der Waals surface area contributed by atoms with E-state index >= 15 is 0 Å². The Hall–Kier alpha value is -3.48. The van der Waals surface area contributed by atoms with Crippen molar-refractivity contribution in [3.05, 3.63) is 59.7 Å². The second kappa shape index (κ2) is 7.68. The normalized spacial score (nSPS) is 10.4. The number of methoxy groups -OCH3 is 1. The molecule has 0 spiro atoms. The number of phenolic OH excluding ortho intramolecular Hbond substituents is 2. The highest BCUT2D eigenvalue weighted by Crippen LogP contribution is 2.25. The minimum Gasteiger partial charge on any atom is -0.504 e. The zero-order valence-electron chi connectivity index (χ0n) is 12.8. The lowest BCUT2D eigenvalue weighted by Gasteiger charge is -2.06. The molecule has 2 aromatic carbocycles. The van der Waals surface area contributed by atoms with Crippen LogP contribution in [0.1, 0.15) is 15.9 Å². The predicted octanol–water partition coefficient (Wildman–Crippen LogP) is 1.58. The van der Waals surface area contributed by atoms with Crippen LogP contribution in [0.4, 0.5) is 0 Å². The molecule has 24 heavy (non-hydrogen) atoms. The Morgan fingerprint density at radius 2 is 1.71 bits per heavy atom. The van der Waals surface area contributed by atoms with Crippen molar-refractivity contribution in [1.29, 1.82) is 0 Å². The van der Waals surface area contributed by atoms with Gasteiger partial charge in [-0.3, -0.25) is 20.4 Å². The molecule has 0 bridgehead atoms. The van der Waals surface area contributed by atoms with Gasteiger partial charge >= 0.3 is 0 Å². The Morgan fingerprint density at radius 1 is 1.00 bits per heavy atom. The van der Waals surface area contributed by atoms with Gasteiger partial charge in [-0.2, -0.15) is 0 Å². The summed E-state index contributed by atoms with van der Waals surface area (Å²) < 4.78 is 4.99. The van der Waals surface area contributed by atoms with Crippen molar-refractivity contribution < 1.29 is 24.5 Å². The maximum absolute atomic E-state index is 11.9. The number of rotatable bonds is 4. The Bertz CT molecular complexity index is 769. The van der Waals surface area contributed by atoms with Gasteiger partial charge in [0.15, 0.2) is 11.5 Å². The van der Waals surface area contributed by atoms with E-state index in [0.29, 0.717) is 16.9 Å². The number of aromatic hydroxyl groups is 2. The van der Waals surface area contributed by atoms with Crippen LogP contribution in [-0.2, 0) is 4.79 Å². The van der Waals surface area contributed by atoms with Gasteiger partial charge in [-0.05, 0) is 48.0 Å². The number of hydrazine groups is 1. The lowest BCUT2D eigenvalue weighted by atomic mass is 10.2. The maximum atomic E-state index is 11.9. The van der Waals surface area contributed by atoms with E-state index < -0.39 is 11.8 Å². The summed E-state index contributed by atoms with van der Waals surface area (Å²) in [5.41, 5.74) is 5.39. The summed E-state index contributed by atoms with van der Waals surface area (Å²) in [6.45, 7) is 0. The SMILES string of the molecule is COc1ccc(C(=O)NNC(=O)/C=C/c2ccc(O)c(O)c2)cc1. The minimum absolute atomic E-state index is 0.247. The number of carbonyl (C=O) groups is 2. The van der Waals surface area contributed by atoms with Gasteiger partial charge in [-0.15, -0.1) is 0 Å². The van der Waals surface area contributed by atoms with E-state index in [1.165, 1.54) is 37.5 Å². The second-order valence-corrected chi connectivity index (χ2v) is 4.75. The molecule has 0 atom stereocenters. The van der Waals surface area contributed by atoms with Gasteiger partial charge in [0.1, 0.15) is 5.75 Å². The van der Waals surface area contributed by atoms with Crippen LogP contribution in [0.15, 0.2) is 48.5 Å². The van der Waals surface area contributed by atoms with Crippen LogP contribution >= 0.6 is 0 Å². The van der Waals surface area contributed by atoms with Crippen molar-refractivity contribution in [2.24, 2.45) is 0 Å². The second-order valence-electron chi connectivity index (χ2n) is 4.75. The van der Waals surface area contributed by atoms with Gasteiger partial charge in [-0.25, -0.2) is 0 Å². The van der Waals surface area contributed by atoms with Gasteiger partial charge < -0.3 is 14.9 Å². The number of benzene rings is 2. The minimum atomic E-state index is -0.551. The van der Waals surface area contributed by atoms with Crippen LogP contribution < -0.4 is 15.6 Å². The van der Waals surface area contributed by atoms with Crippen molar-refractivity contribution in [2.75, 3.05) is 7.11 Å². The topological polar surface area (TPSA) is 108 Å². The average Bonchev–Trinajstić information content (AvgIpc) is 2.60. The van der Waals surface area contributed by atoms with Crippen molar-refractivity contribution in [2.45, 2.75) is 0 Å². The third-order valence-electron chi connectivity index (χ3n) is 3.08. The first-order chi connectivity index (χ1) is 11.5. The fourth-order valence-corrected chi connectivity index (χ4v) is 1.79.